The number of nitrogens with one attached hydrogen (secondary N) is 1. The third-order valence-electron chi connectivity index (χ3n) is 2.74. The van der Waals surface area contributed by atoms with Crippen LogP contribution < -0.4 is 11.3 Å². The van der Waals surface area contributed by atoms with Gasteiger partial charge >= 0.3 is 0 Å². The number of nitrogen functional groups attached to an aromatic ring is 1. The summed E-state index contributed by atoms with van der Waals surface area (Å²) < 4.78 is 0. The zero-order valence-electron chi connectivity index (χ0n) is 10.5. The first-order valence-corrected chi connectivity index (χ1v) is 5.73. The van der Waals surface area contributed by atoms with Crippen LogP contribution in [0.2, 0.25) is 0 Å². The van der Waals surface area contributed by atoms with Crippen molar-refractivity contribution in [2.45, 2.75) is 33.2 Å². The smallest absolute Gasteiger partial charge is 0.274 e. The summed E-state index contributed by atoms with van der Waals surface area (Å²) >= 11 is 0. The van der Waals surface area contributed by atoms with E-state index in [1.807, 2.05) is 20.8 Å². The lowest BCUT2D eigenvalue weighted by Crippen LogP contribution is -2.38. The highest BCUT2D eigenvalue weighted by Gasteiger charge is 2.19. The fraction of sp³-hybridized carbons (Fsp3) is 0.545. The molecule has 6 heteroatoms. The number of rotatable bonds is 5. The summed E-state index contributed by atoms with van der Waals surface area (Å²) in [6.07, 6.45) is 3.79. The van der Waals surface area contributed by atoms with Gasteiger partial charge in [0.2, 0.25) is 0 Å². The summed E-state index contributed by atoms with van der Waals surface area (Å²) in [5.41, 5.74) is 2.71. The summed E-state index contributed by atoms with van der Waals surface area (Å²) in [6.45, 7) is 6.68. The molecule has 0 spiro atoms. The Balaban J connectivity index is 2.86. The molecule has 1 atom stereocenters. The van der Waals surface area contributed by atoms with Crippen molar-refractivity contribution in [2.24, 2.45) is 5.84 Å². The van der Waals surface area contributed by atoms with Crippen LogP contribution in [0.4, 0.5) is 5.82 Å². The van der Waals surface area contributed by atoms with Crippen LogP contribution in [0.15, 0.2) is 12.4 Å². The maximum atomic E-state index is 12.1. The molecule has 3 N–H and O–H groups in total. The second-order valence-corrected chi connectivity index (χ2v) is 3.78. The fourth-order valence-electron chi connectivity index (χ4n) is 1.54. The minimum atomic E-state index is -0.0991. The van der Waals surface area contributed by atoms with Gasteiger partial charge in [-0.2, -0.15) is 0 Å². The van der Waals surface area contributed by atoms with Crippen LogP contribution in [-0.4, -0.2) is 33.4 Å². The van der Waals surface area contributed by atoms with E-state index in [0.717, 1.165) is 6.42 Å². The Bertz CT molecular complexity index is 365. The van der Waals surface area contributed by atoms with E-state index in [9.17, 15) is 4.79 Å². The molecule has 0 aliphatic carbocycles. The zero-order valence-corrected chi connectivity index (χ0v) is 10.5. The van der Waals surface area contributed by atoms with Crippen molar-refractivity contribution >= 4 is 11.7 Å². The van der Waals surface area contributed by atoms with E-state index < -0.39 is 0 Å². The lowest BCUT2D eigenvalue weighted by atomic mass is 10.2. The van der Waals surface area contributed by atoms with Crippen molar-refractivity contribution in [2.75, 3.05) is 12.0 Å². The molecular formula is C11H19N5O. The van der Waals surface area contributed by atoms with Gasteiger partial charge in [-0.15, -0.1) is 0 Å². The van der Waals surface area contributed by atoms with Gasteiger partial charge in [-0.05, 0) is 20.3 Å². The van der Waals surface area contributed by atoms with Gasteiger partial charge in [-0.25, -0.2) is 15.8 Å². The molecule has 0 radical (unpaired) electrons. The number of hydrazine groups is 1. The number of hydrogen-bond donors (Lipinski definition) is 2. The standard InChI is InChI=1S/C11H19N5O/c1-4-8(3)16(5-2)11(17)9-6-14-10(15-12)7-13-9/h6-8H,4-5,12H2,1-3H3,(H,14,15). The van der Waals surface area contributed by atoms with Crippen LogP contribution in [0.1, 0.15) is 37.7 Å². The van der Waals surface area contributed by atoms with Gasteiger partial charge in [0.25, 0.3) is 5.91 Å². The van der Waals surface area contributed by atoms with Crippen LogP contribution in [0, 0.1) is 0 Å². The summed E-state index contributed by atoms with van der Waals surface area (Å²) in [5, 5.41) is 0. The van der Waals surface area contributed by atoms with Gasteiger partial charge in [-0.3, -0.25) is 4.79 Å². The molecule has 1 amide bonds. The van der Waals surface area contributed by atoms with Crippen molar-refractivity contribution in [3.8, 4) is 0 Å². The van der Waals surface area contributed by atoms with Crippen LogP contribution >= 0.6 is 0 Å². The molecule has 0 aromatic carbocycles. The molecule has 0 aliphatic rings. The molecule has 0 saturated heterocycles. The summed E-state index contributed by atoms with van der Waals surface area (Å²) in [7, 11) is 0. The van der Waals surface area contributed by atoms with Gasteiger partial charge in [0, 0.05) is 12.6 Å². The first kappa shape index (κ1) is 13.4. The molecule has 1 heterocycles. The van der Waals surface area contributed by atoms with E-state index in [2.05, 4.69) is 15.4 Å². The Morgan fingerprint density at radius 1 is 1.47 bits per heavy atom. The lowest BCUT2D eigenvalue weighted by molar-refractivity contribution is 0.0693. The molecule has 0 saturated carbocycles. The average molecular weight is 237 g/mol. The maximum absolute atomic E-state index is 12.1. The Morgan fingerprint density at radius 2 is 2.18 bits per heavy atom. The molecule has 0 aliphatic heterocycles. The number of amides is 1. The molecule has 17 heavy (non-hydrogen) atoms. The summed E-state index contributed by atoms with van der Waals surface area (Å²) in [6, 6.07) is 0.196. The molecular weight excluding hydrogens is 218 g/mol. The Labute approximate surface area is 101 Å². The SMILES string of the molecule is CCC(C)N(CC)C(=O)c1cnc(NN)cn1. The number of hydrogen-bond acceptors (Lipinski definition) is 5. The van der Waals surface area contributed by atoms with Crippen molar-refractivity contribution < 1.29 is 4.79 Å². The highest BCUT2D eigenvalue weighted by atomic mass is 16.2. The fourth-order valence-corrected chi connectivity index (χ4v) is 1.54. The highest BCUT2D eigenvalue weighted by Crippen LogP contribution is 2.09. The van der Waals surface area contributed by atoms with Gasteiger partial charge in [0.1, 0.15) is 5.69 Å². The first-order chi connectivity index (χ1) is 8.13. The first-order valence-electron chi connectivity index (χ1n) is 5.73. The molecule has 0 bridgehead atoms. The van der Waals surface area contributed by atoms with Gasteiger partial charge in [0.05, 0.1) is 12.4 Å². The number of anilines is 1. The van der Waals surface area contributed by atoms with Gasteiger partial charge in [0.15, 0.2) is 5.82 Å². The van der Waals surface area contributed by atoms with Crippen LogP contribution in [-0.2, 0) is 0 Å². The quantitative estimate of drug-likeness (QED) is 0.590. The van der Waals surface area contributed by atoms with Crippen LogP contribution in [0.25, 0.3) is 0 Å². The Morgan fingerprint density at radius 3 is 2.59 bits per heavy atom. The highest BCUT2D eigenvalue weighted by molar-refractivity contribution is 5.92. The molecule has 0 fully saturated rings. The monoisotopic (exact) mass is 237 g/mol. The van der Waals surface area contributed by atoms with Crippen LogP contribution in [0.5, 0.6) is 0 Å². The second-order valence-electron chi connectivity index (χ2n) is 3.78. The largest absolute Gasteiger partial charge is 0.335 e. The van der Waals surface area contributed by atoms with Gasteiger partial charge < -0.3 is 10.3 Å². The average Bonchev–Trinajstić information content (AvgIpc) is 2.39. The summed E-state index contributed by atoms with van der Waals surface area (Å²) in [4.78, 5) is 21.9. The van der Waals surface area contributed by atoms with Crippen molar-refractivity contribution in [3.63, 3.8) is 0 Å². The molecule has 1 aromatic heterocycles. The molecule has 6 nitrogen and oxygen atoms in total. The van der Waals surface area contributed by atoms with Gasteiger partial charge in [-0.1, -0.05) is 6.92 Å². The van der Waals surface area contributed by atoms with E-state index in [0.29, 0.717) is 18.1 Å². The number of nitrogens with two attached hydrogens (primary N) is 1. The van der Waals surface area contributed by atoms with E-state index in [1.165, 1.54) is 12.4 Å². The minimum absolute atomic E-state index is 0.0991. The maximum Gasteiger partial charge on any atom is 0.274 e. The number of carbonyl (C=O) groups excluding carboxylic acids is 1. The third-order valence-corrected chi connectivity index (χ3v) is 2.74. The Kier molecular flexibility index (Phi) is 4.84. The predicted octanol–water partition coefficient (Wildman–Crippen LogP) is 1.02. The van der Waals surface area contributed by atoms with E-state index in [4.69, 9.17) is 5.84 Å². The van der Waals surface area contributed by atoms with Crippen LogP contribution in [0.3, 0.4) is 0 Å². The van der Waals surface area contributed by atoms with E-state index in [-0.39, 0.29) is 11.9 Å². The van der Waals surface area contributed by atoms with Crippen molar-refractivity contribution in [1.82, 2.24) is 14.9 Å². The third kappa shape index (κ3) is 3.13. The number of nitrogens with zero attached hydrogens (tertiary/aromatic N) is 3. The molecule has 1 unspecified atom stereocenters. The topological polar surface area (TPSA) is 84.1 Å². The molecule has 1 rings (SSSR count). The summed E-state index contributed by atoms with van der Waals surface area (Å²) in [5.74, 6) is 5.52. The Hall–Kier alpha value is -1.69. The minimum Gasteiger partial charge on any atom is -0.335 e. The number of aromatic nitrogens is 2. The lowest BCUT2D eigenvalue weighted by Gasteiger charge is -2.26. The van der Waals surface area contributed by atoms with Crippen molar-refractivity contribution in [3.05, 3.63) is 18.1 Å². The van der Waals surface area contributed by atoms with E-state index >= 15 is 0 Å². The normalized spacial score (nSPS) is 12.0. The van der Waals surface area contributed by atoms with E-state index in [1.54, 1.807) is 4.90 Å². The number of carbonyl (C=O) groups is 1. The molecule has 94 valence electrons. The predicted molar refractivity (Wildman–Crippen MR) is 66.3 cm³/mol. The zero-order chi connectivity index (χ0) is 12.8. The van der Waals surface area contributed by atoms with Crippen molar-refractivity contribution in [1.29, 1.82) is 0 Å². The second kappa shape index (κ2) is 6.15. The molecule has 1 aromatic rings.